The molecule has 0 aromatic heterocycles. The van der Waals surface area contributed by atoms with E-state index < -0.39 is 11.7 Å². The molecule has 1 heterocycles. The van der Waals surface area contributed by atoms with Crippen molar-refractivity contribution in [3.05, 3.63) is 70.8 Å². The van der Waals surface area contributed by atoms with Crippen molar-refractivity contribution in [2.75, 3.05) is 26.2 Å². The van der Waals surface area contributed by atoms with Crippen LogP contribution in [0.4, 0.5) is 13.2 Å². The van der Waals surface area contributed by atoms with E-state index in [9.17, 15) is 13.2 Å². The van der Waals surface area contributed by atoms with E-state index in [4.69, 9.17) is 0 Å². The second kappa shape index (κ2) is 7.58. The normalized spacial score (nSPS) is 17.9. The first-order valence-corrected chi connectivity index (χ1v) is 8.63. The zero-order valence-corrected chi connectivity index (χ0v) is 14.3. The van der Waals surface area contributed by atoms with Gasteiger partial charge in [-0.15, -0.1) is 0 Å². The van der Waals surface area contributed by atoms with Crippen molar-refractivity contribution >= 4 is 0 Å². The van der Waals surface area contributed by atoms with Gasteiger partial charge in [-0.1, -0.05) is 42.0 Å². The molecule has 134 valence electrons. The van der Waals surface area contributed by atoms with Crippen molar-refractivity contribution in [1.82, 2.24) is 10.2 Å². The number of nitrogens with zero attached hydrogens (tertiary/aromatic N) is 1. The summed E-state index contributed by atoms with van der Waals surface area (Å²) in [7, 11) is 0. The Kier molecular flexibility index (Phi) is 5.45. The average molecular weight is 348 g/mol. The molecule has 1 N–H and O–H groups in total. The first kappa shape index (κ1) is 18.0. The van der Waals surface area contributed by atoms with Crippen LogP contribution < -0.4 is 5.32 Å². The van der Waals surface area contributed by atoms with Crippen LogP contribution in [-0.2, 0) is 6.18 Å². The van der Waals surface area contributed by atoms with Crippen molar-refractivity contribution < 1.29 is 13.2 Å². The Labute approximate surface area is 146 Å². The summed E-state index contributed by atoms with van der Waals surface area (Å²) in [5, 5.41) is 3.38. The maximum Gasteiger partial charge on any atom is 0.416 e. The lowest BCUT2D eigenvalue weighted by Gasteiger charge is -2.31. The molecule has 5 heteroatoms. The van der Waals surface area contributed by atoms with Crippen molar-refractivity contribution in [3.63, 3.8) is 0 Å². The van der Waals surface area contributed by atoms with Crippen LogP contribution in [0.3, 0.4) is 0 Å². The number of benzene rings is 2. The van der Waals surface area contributed by atoms with Gasteiger partial charge in [-0.25, -0.2) is 0 Å². The maximum atomic E-state index is 12.9. The summed E-state index contributed by atoms with van der Waals surface area (Å²) in [6, 6.07) is 13.9. The van der Waals surface area contributed by atoms with Gasteiger partial charge in [0.2, 0.25) is 0 Å². The monoisotopic (exact) mass is 348 g/mol. The fourth-order valence-corrected chi connectivity index (χ4v) is 3.34. The van der Waals surface area contributed by atoms with Gasteiger partial charge in [0.25, 0.3) is 0 Å². The maximum absolute atomic E-state index is 12.9. The summed E-state index contributed by atoms with van der Waals surface area (Å²) in [4.78, 5) is 2.35. The second-order valence-corrected chi connectivity index (χ2v) is 6.57. The lowest BCUT2D eigenvalue weighted by molar-refractivity contribution is -0.137. The van der Waals surface area contributed by atoms with Crippen LogP contribution in [0.5, 0.6) is 0 Å². The number of hydrogen-bond donors (Lipinski definition) is 1. The minimum Gasteiger partial charge on any atom is -0.315 e. The summed E-state index contributed by atoms with van der Waals surface area (Å²) in [5.74, 6) is 0. The quantitative estimate of drug-likeness (QED) is 0.884. The molecule has 1 unspecified atom stereocenters. The highest BCUT2D eigenvalue weighted by atomic mass is 19.4. The summed E-state index contributed by atoms with van der Waals surface area (Å²) in [6.45, 7) is 5.70. The van der Waals surface area contributed by atoms with Crippen LogP contribution >= 0.6 is 0 Å². The minimum atomic E-state index is -4.30. The molecular formula is C20H23F3N2. The Morgan fingerprint density at radius 1 is 0.880 bits per heavy atom. The molecule has 0 bridgehead atoms. The van der Waals surface area contributed by atoms with Crippen LogP contribution in [0.15, 0.2) is 48.5 Å². The molecule has 0 amide bonds. The molecule has 1 aliphatic heterocycles. The zero-order chi connectivity index (χ0) is 17.9. The van der Waals surface area contributed by atoms with E-state index in [-0.39, 0.29) is 6.04 Å². The van der Waals surface area contributed by atoms with Gasteiger partial charge in [-0.05, 0) is 43.1 Å². The SMILES string of the molecule is Cc1ccc(C(c2ccc(C(F)(F)F)cc2)N2CCCNCC2)cc1. The Bertz CT molecular complexity index is 670. The standard InChI is InChI=1S/C20H23F3N2/c1-15-3-5-16(6-4-15)19(25-13-2-11-24-12-14-25)17-7-9-18(10-8-17)20(21,22)23/h3-10,19,24H,2,11-14H2,1H3. The van der Waals surface area contributed by atoms with Crippen LogP contribution in [-0.4, -0.2) is 31.1 Å². The number of rotatable bonds is 3. The van der Waals surface area contributed by atoms with E-state index in [2.05, 4.69) is 34.5 Å². The van der Waals surface area contributed by atoms with E-state index in [1.807, 2.05) is 6.92 Å². The molecule has 2 aromatic carbocycles. The molecule has 0 aliphatic carbocycles. The molecule has 1 atom stereocenters. The smallest absolute Gasteiger partial charge is 0.315 e. The van der Waals surface area contributed by atoms with Gasteiger partial charge in [0.05, 0.1) is 11.6 Å². The molecular weight excluding hydrogens is 325 g/mol. The summed E-state index contributed by atoms with van der Waals surface area (Å²) in [5.41, 5.74) is 2.59. The second-order valence-electron chi connectivity index (χ2n) is 6.57. The third kappa shape index (κ3) is 4.41. The largest absolute Gasteiger partial charge is 0.416 e. The third-order valence-electron chi connectivity index (χ3n) is 4.69. The number of alkyl halides is 3. The zero-order valence-electron chi connectivity index (χ0n) is 14.3. The van der Waals surface area contributed by atoms with E-state index in [0.717, 1.165) is 43.7 Å². The Balaban J connectivity index is 1.96. The molecule has 1 aliphatic rings. The Morgan fingerprint density at radius 2 is 1.48 bits per heavy atom. The predicted molar refractivity (Wildman–Crippen MR) is 93.5 cm³/mol. The van der Waals surface area contributed by atoms with E-state index in [1.54, 1.807) is 12.1 Å². The molecule has 2 nitrogen and oxygen atoms in total. The number of nitrogens with one attached hydrogen (secondary N) is 1. The van der Waals surface area contributed by atoms with Gasteiger partial charge < -0.3 is 5.32 Å². The molecule has 0 radical (unpaired) electrons. The molecule has 0 spiro atoms. The molecule has 3 rings (SSSR count). The molecule has 1 saturated heterocycles. The fraction of sp³-hybridized carbons (Fsp3) is 0.400. The van der Waals surface area contributed by atoms with Crippen molar-refractivity contribution in [3.8, 4) is 0 Å². The van der Waals surface area contributed by atoms with Gasteiger partial charge in [0.15, 0.2) is 0 Å². The first-order valence-electron chi connectivity index (χ1n) is 8.63. The van der Waals surface area contributed by atoms with Crippen LogP contribution in [0.1, 0.15) is 34.7 Å². The average Bonchev–Trinajstić information content (AvgIpc) is 2.86. The lowest BCUT2D eigenvalue weighted by atomic mass is 9.95. The molecule has 1 fully saturated rings. The lowest BCUT2D eigenvalue weighted by Crippen LogP contribution is -2.33. The summed E-state index contributed by atoms with van der Waals surface area (Å²) in [6.07, 6.45) is -3.27. The van der Waals surface area contributed by atoms with Crippen LogP contribution in [0.25, 0.3) is 0 Å². The van der Waals surface area contributed by atoms with Crippen LogP contribution in [0, 0.1) is 6.92 Å². The van der Waals surface area contributed by atoms with Gasteiger partial charge in [-0.3, -0.25) is 4.90 Å². The number of aryl methyl sites for hydroxylation is 1. The Hall–Kier alpha value is -1.85. The number of hydrogen-bond acceptors (Lipinski definition) is 2. The third-order valence-corrected chi connectivity index (χ3v) is 4.69. The van der Waals surface area contributed by atoms with Crippen molar-refractivity contribution in [2.45, 2.75) is 25.6 Å². The van der Waals surface area contributed by atoms with Crippen LogP contribution in [0.2, 0.25) is 0 Å². The molecule has 0 saturated carbocycles. The van der Waals surface area contributed by atoms with Gasteiger partial charge >= 0.3 is 6.18 Å². The molecule has 2 aromatic rings. The molecule has 25 heavy (non-hydrogen) atoms. The topological polar surface area (TPSA) is 15.3 Å². The van der Waals surface area contributed by atoms with Gasteiger partial charge in [-0.2, -0.15) is 13.2 Å². The highest BCUT2D eigenvalue weighted by Crippen LogP contribution is 2.33. The highest BCUT2D eigenvalue weighted by Gasteiger charge is 2.31. The van der Waals surface area contributed by atoms with Crippen molar-refractivity contribution in [1.29, 1.82) is 0 Å². The number of halogens is 3. The van der Waals surface area contributed by atoms with Gasteiger partial charge in [0, 0.05) is 19.6 Å². The summed E-state index contributed by atoms with van der Waals surface area (Å²) >= 11 is 0. The minimum absolute atomic E-state index is 0.0252. The van der Waals surface area contributed by atoms with Gasteiger partial charge in [0.1, 0.15) is 0 Å². The summed E-state index contributed by atoms with van der Waals surface area (Å²) < 4.78 is 38.6. The predicted octanol–water partition coefficient (Wildman–Crippen LogP) is 4.40. The fourth-order valence-electron chi connectivity index (χ4n) is 3.34. The highest BCUT2D eigenvalue weighted by molar-refractivity contribution is 5.35. The van der Waals surface area contributed by atoms with E-state index in [0.29, 0.717) is 0 Å². The van der Waals surface area contributed by atoms with E-state index in [1.165, 1.54) is 17.7 Å². The Morgan fingerprint density at radius 3 is 2.08 bits per heavy atom. The van der Waals surface area contributed by atoms with E-state index >= 15 is 0 Å². The first-order chi connectivity index (χ1) is 11.9. The van der Waals surface area contributed by atoms with Crippen molar-refractivity contribution in [2.24, 2.45) is 0 Å².